The van der Waals surface area contributed by atoms with Crippen molar-refractivity contribution in [1.82, 2.24) is 9.78 Å². The molecule has 3 rings (SSSR count). The van der Waals surface area contributed by atoms with Gasteiger partial charge in [-0.2, -0.15) is 18.3 Å². The van der Waals surface area contributed by atoms with E-state index in [0.29, 0.717) is 11.1 Å². The second kappa shape index (κ2) is 5.44. The Kier molecular flexibility index (Phi) is 3.79. The molecular weight excluding hydrogens is 319 g/mol. The Hall–Kier alpha value is -2.15. The van der Waals surface area contributed by atoms with Crippen molar-refractivity contribution in [3.05, 3.63) is 41.6 Å². The van der Waals surface area contributed by atoms with Crippen molar-refractivity contribution in [2.45, 2.75) is 44.6 Å². The average molecular weight is 337 g/mol. The van der Waals surface area contributed by atoms with Crippen molar-refractivity contribution in [3.8, 4) is 0 Å². The summed E-state index contributed by atoms with van der Waals surface area (Å²) < 4.78 is 41.0. The molecule has 2 unspecified atom stereocenters. The molecule has 2 atom stereocenters. The average Bonchev–Trinajstić information content (AvgIpc) is 2.89. The molecule has 0 saturated carbocycles. The Morgan fingerprint density at radius 2 is 1.92 bits per heavy atom. The normalized spacial score (nSPS) is 22.0. The number of hydrogen-bond acceptors (Lipinski definition) is 3. The second-order valence-electron chi connectivity index (χ2n) is 6.52. The SMILES string of the molecule is CC1N=CC(C(C)(C)O)=CC1n1ncc2c(C(F)(F)F)cccc21. The third-order valence-corrected chi connectivity index (χ3v) is 4.23. The maximum absolute atomic E-state index is 13.2. The van der Waals surface area contributed by atoms with Gasteiger partial charge >= 0.3 is 6.18 Å². The minimum absolute atomic E-state index is 0.0601. The molecule has 1 aromatic heterocycles. The van der Waals surface area contributed by atoms with E-state index in [9.17, 15) is 18.3 Å². The summed E-state index contributed by atoms with van der Waals surface area (Å²) in [6, 6.07) is 3.47. The number of rotatable bonds is 2. The minimum Gasteiger partial charge on any atom is -0.386 e. The van der Waals surface area contributed by atoms with Gasteiger partial charge in [-0.25, -0.2) is 0 Å². The number of nitrogens with zero attached hydrogens (tertiary/aromatic N) is 3. The van der Waals surface area contributed by atoms with Gasteiger partial charge in [-0.3, -0.25) is 9.67 Å². The number of aliphatic hydroxyl groups is 1. The van der Waals surface area contributed by atoms with Crippen LogP contribution in [0, 0.1) is 0 Å². The molecule has 0 bridgehead atoms. The highest BCUT2D eigenvalue weighted by Gasteiger charge is 2.34. The van der Waals surface area contributed by atoms with E-state index in [1.165, 1.54) is 16.9 Å². The predicted molar refractivity (Wildman–Crippen MR) is 86.1 cm³/mol. The van der Waals surface area contributed by atoms with Crippen LogP contribution in [0.3, 0.4) is 0 Å². The van der Waals surface area contributed by atoms with E-state index in [0.717, 1.165) is 6.07 Å². The highest BCUT2D eigenvalue weighted by molar-refractivity contribution is 5.84. The maximum Gasteiger partial charge on any atom is 0.417 e. The smallest absolute Gasteiger partial charge is 0.386 e. The van der Waals surface area contributed by atoms with Crippen LogP contribution in [0.25, 0.3) is 10.9 Å². The van der Waals surface area contributed by atoms with Crippen molar-refractivity contribution in [2.75, 3.05) is 0 Å². The van der Waals surface area contributed by atoms with Gasteiger partial charge in [0.15, 0.2) is 0 Å². The summed E-state index contributed by atoms with van der Waals surface area (Å²) >= 11 is 0. The van der Waals surface area contributed by atoms with Gasteiger partial charge in [0, 0.05) is 11.6 Å². The number of halogens is 3. The summed E-state index contributed by atoms with van der Waals surface area (Å²) in [5, 5.41) is 14.4. The number of alkyl halides is 3. The molecule has 0 radical (unpaired) electrons. The molecule has 7 heteroatoms. The van der Waals surface area contributed by atoms with Crippen molar-refractivity contribution in [3.63, 3.8) is 0 Å². The molecule has 0 fully saturated rings. The number of dihydropyridines is 1. The lowest BCUT2D eigenvalue weighted by atomic mass is 9.93. The number of fused-ring (bicyclic) bond motifs is 1. The van der Waals surface area contributed by atoms with Crippen LogP contribution in [0.2, 0.25) is 0 Å². The molecule has 1 aliphatic heterocycles. The molecule has 1 N–H and O–H groups in total. The van der Waals surface area contributed by atoms with Crippen LogP contribution in [0.15, 0.2) is 41.0 Å². The standard InChI is InChI=1S/C17H18F3N3O/c1-10-15(7-11(8-21-10)16(2,3)24)23-14-6-4-5-13(17(18,19)20)12(14)9-22-23/h4-10,15,24H,1-3H3. The first-order valence-electron chi connectivity index (χ1n) is 7.60. The molecular formula is C17H18F3N3O. The lowest BCUT2D eigenvalue weighted by Crippen LogP contribution is -2.30. The molecule has 1 aromatic carbocycles. The van der Waals surface area contributed by atoms with Crippen LogP contribution in [-0.2, 0) is 6.18 Å². The predicted octanol–water partition coefficient (Wildman–Crippen LogP) is 3.77. The first-order valence-corrected chi connectivity index (χ1v) is 7.60. The first-order chi connectivity index (χ1) is 11.1. The molecule has 0 spiro atoms. The summed E-state index contributed by atoms with van der Waals surface area (Å²) in [6.07, 6.45) is 0.219. The monoisotopic (exact) mass is 337 g/mol. The van der Waals surface area contributed by atoms with Crippen LogP contribution in [0.4, 0.5) is 13.2 Å². The highest BCUT2D eigenvalue weighted by atomic mass is 19.4. The topological polar surface area (TPSA) is 50.4 Å². The molecule has 0 aliphatic carbocycles. The van der Waals surface area contributed by atoms with Gasteiger partial charge in [-0.1, -0.05) is 12.1 Å². The Bertz CT molecular complexity index is 828. The molecule has 0 amide bonds. The first kappa shape index (κ1) is 16.7. The van der Waals surface area contributed by atoms with Gasteiger partial charge in [0.25, 0.3) is 0 Å². The number of aliphatic imine (C=N–C) groups is 1. The van der Waals surface area contributed by atoms with E-state index in [-0.39, 0.29) is 17.5 Å². The van der Waals surface area contributed by atoms with Crippen LogP contribution in [0.5, 0.6) is 0 Å². The lowest BCUT2D eigenvalue weighted by Gasteiger charge is -2.28. The number of aromatic nitrogens is 2. The zero-order valence-electron chi connectivity index (χ0n) is 13.5. The number of hydrogen-bond donors (Lipinski definition) is 1. The summed E-state index contributed by atoms with van der Waals surface area (Å²) in [5.41, 5.74) is -0.779. The Labute approximate surface area is 137 Å². The van der Waals surface area contributed by atoms with Crippen molar-refractivity contribution in [2.24, 2.45) is 4.99 Å². The van der Waals surface area contributed by atoms with Gasteiger partial charge in [0.1, 0.15) is 0 Å². The Balaban J connectivity index is 2.13. The second-order valence-corrected chi connectivity index (χ2v) is 6.52. The van der Waals surface area contributed by atoms with Gasteiger partial charge < -0.3 is 5.11 Å². The Morgan fingerprint density at radius 3 is 2.54 bits per heavy atom. The Morgan fingerprint density at radius 1 is 1.21 bits per heavy atom. The van der Waals surface area contributed by atoms with Crippen molar-refractivity contribution >= 4 is 17.1 Å². The summed E-state index contributed by atoms with van der Waals surface area (Å²) in [7, 11) is 0. The quantitative estimate of drug-likeness (QED) is 0.907. The fourth-order valence-electron chi connectivity index (χ4n) is 2.84. The van der Waals surface area contributed by atoms with E-state index in [1.54, 1.807) is 26.1 Å². The summed E-state index contributed by atoms with van der Waals surface area (Å²) in [6.45, 7) is 5.14. The lowest BCUT2D eigenvalue weighted by molar-refractivity contribution is -0.136. The molecule has 0 saturated heterocycles. The molecule has 24 heavy (non-hydrogen) atoms. The van der Waals surface area contributed by atoms with Crippen LogP contribution < -0.4 is 0 Å². The molecule has 1 aliphatic rings. The highest BCUT2D eigenvalue weighted by Crippen LogP contribution is 2.36. The van der Waals surface area contributed by atoms with Gasteiger partial charge in [0.2, 0.25) is 0 Å². The zero-order chi connectivity index (χ0) is 17.7. The van der Waals surface area contributed by atoms with E-state index < -0.39 is 17.3 Å². The minimum atomic E-state index is -4.43. The molecule has 2 heterocycles. The third kappa shape index (κ3) is 2.84. The van der Waals surface area contributed by atoms with E-state index in [1.807, 2.05) is 13.0 Å². The van der Waals surface area contributed by atoms with E-state index in [4.69, 9.17) is 0 Å². The van der Waals surface area contributed by atoms with Gasteiger partial charge in [-0.05, 0) is 38.5 Å². The van der Waals surface area contributed by atoms with Gasteiger partial charge in [0.05, 0.1) is 35.0 Å². The van der Waals surface area contributed by atoms with E-state index >= 15 is 0 Å². The fourth-order valence-corrected chi connectivity index (χ4v) is 2.84. The molecule has 4 nitrogen and oxygen atoms in total. The fraction of sp³-hybridized carbons (Fsp3) is 0.412. The van der Waals surface area contributed by atoms with E-state index in [2.05, 4.69) is 10.1 Å². The summed E-state index contributed by atoms with van der Waals surface area (Å²) in [4.78, 5) is 4.36. The third-order valence-electron chi connectivity index (χ3n) is 4.23. The van der Waals surface area contributed by atoms with Crippen LogP contribution in [-0.4, -0.2) is 32.7 Å². The maximum atomic E-state index is 13.2. The molecule has 128 valence electrons. The van der Waals surface area contributed by atoms with Crippen LogP contribution in [0.1, 0.15) is 32.4 Å². The molecule has 2 aromatic rings. The van der Waals surface area contributed by atoms with Gasteiger partial charge in [-0.15, -0.1) is 0 Å². The summed E-state index contributed by atoms with van der Waals surface area (Å²) in [5.74, 6) is 0. The van der Waals surface area contributed by atoms with Crippen molar-refractivity contribution in [1.29, 1.82) is 0 Å². The largest absolute Gasteiger partial charge is 0.417 e. The van der Waals surface area contributed by atoms with Crippen LogP contribution >= 0.6 is 0 Å². The zero-order valence-corrected chi connectivity index (χ0v) is 13.5. The van der Waals surface area contributed by atoms with Crippen molar-refractivity contribution < 1.29 is 18.3 Å². The number of benzene rings is 1.